The highest BCUT2D eigenvalue weighted by atomic mass is 35.5. The molecular formula is C14H18ClN5O. The Labute approximate surface area is 128 Å². The van der Waals surface area contributed by atoms with Gasteiger partial charge in [-0.25, -0.2) is 15.8 Å². The monoisotopic (exact) mass is 307 g/mol. The van der Waals surface area contributed by atoms with Gasteiger partial charge in [0.05, 0.1) is 7.11 Å². The molecule has 21 heavy (non-hydrogen) atoms. The molecule has 1 aromatic carbocycles. The van der Waals surface area contributed by atoms with Crippen molar-refractivity contribution in [3.63, 3.8) is 0 Å². The number of aryl methyl sites for hydroxylation is 1. The van der Waals surface area contributed by atoms with E-state index in [4.69, 9.17) is 27.9 Å². The number of rotatable bonds is 6. The summed E-state index contributed by atoms with van der Waals surface area (Å²) in [5.74, 6) is 7.26. The molecule has 0 radical (unpaired) electrons. The summed E-state index contributed by atoms with van der Waals surface area (Å²) in [5.41, 5.74) is 7.32. The third kappa shape index (κ3) is 3.96. The van der Waals surface area contributed by atoms with Crippen LogP contribution in [0.3, 0.4) is 0 Å². The Morgan fingerprint density at radius 1 is 1.24 bits per heavy atom. The molecule has 0 aliphatic rings. The molecule has 1 heterocycles. The van der Waals surface area contributed by atoms with Crippen molar-refractivity contribution in [3.8, 4) is 5.75 Å². The van der Waals surface area contributed by atoms with E-state index in [0.29, 0.717) is 18.1 Å². The summed E-state index contributed by atoms with van der Waals surface area (Å²) in [5, 5.41) is 1.71. The number of nitrogens with zero attached hydrogens (tertiary/aromatic N) is 3. The van der Waals surface area contributed by atoms with Crippen LogP contribution in [-0.4, -0.2) is 23.6 Å². The predicted molar refractivity (Wildman–Crippen MR) is 84.3 cm³/mol. The maximum Gasteiger partial charge on any atom is 0.170 e. The number of nitrogen functional groups attached to an aromatic ring is 1. The second-order valence-electron chi connectivity index (χ2n) is 4.55. The van der Waals surface area contributed by atoms with Crippen LogP contribution < -0.4 is 21.3 Å². The Morgan fingerprint density at radius 3 is 2.62 bits per heavy atom. The topological polar surface area (TPSA) is 90.3 Å². The third-order valence-electron chi connectivity index (χ3n) is 3.11. The van der Waals surface area contributed by atoms with Gasteiger partial charge in [0.15, 0.2) is 11.0 Å². The average molecular weight is 308 g/mol. The number of methoxy groups -OCH3 is 1. The van der Waals surface area contributed by atoms with Crippen LogP contribution in [0.1, 0.15) is 12.0 Å². The van der Waals surface area contributed by atoms with Crippen molar-refractivity contribution in [1.82, 2.24) is 9.97 Å². The van der Waals surface area contributed by atoms with Crippen molar-refractivity contribution in [3.05, 3.63) is 41.3 Å². The number of halogens is 1. The highest BCUT2D eigenvalue weighted by Gasteiger charge is 2.11. The number of nitrogens with two attached hydrogens (primary N) is 2. The van der Waals surface area contributed by atoms with Gasteiger partial charge in [-0.1, -0.05) is 23.7 Å². The highest BCUT2D eigenvalue weighted by molar-refractivity contribution is 6.32. The first kappa shape index (κ1) is 15.3. The lowest BCUT2D eigenvalue weighted by Crippen LogP contribution is -2.33. The Bertz CT molecular complexity index is 590. The SMILES string of the molecule is COc1ccc(CCCN(N)c2ncnc(Cl)c2N)cc1. The third-order valence-corrected chi connectivity index (χ3v) is 3.41. The quantitative estimate of drug-likeness (QED) is 0.482. The van der Waals surface area contributed by atoms with Crippen molar-refractivity contribution < 1.29 is 4.74 Å². The second-order valence-corrected chi connectivity index (χ2v) is 4.90. The standard InChI is InChI=1S/C14H18ClN5O/c1-21-11-6-4-10(5-7-11)3-2-8-20(17)14-12(16)13(15)18-9-19-14/h4-7,9H,2-3,8,16-17H2,1H3. The molecule has 7 heteroatoms. The van der Waals surface area contributed by atoms with E-state index < -0.39 is 0 Å². The molecule has 6 nitrogen and oxygen atoms in total. The normalized spacial score (nSPS) is 10.4. The molecule has 0 saturated heterocycles. The Balaban J connectivity index is 1.89. The summed E-state index contributed by atoms with van der Waals surface area (Å²) >= 11 is 5.85. The smallest absolute Gasteiger partial charge is 0.170 e. The van der Waals surface area contributed by atoms with Crippen molar-refractivity contribution >= 4 is 23.1 Å². The first-order chi connectivity index (χ1) is 10.1. The van der Waals surface area contributed by atoms with Crippen LogP contribution >= 0.6 is 11.6 Å². The van der Waals surface area contributed by atoms with Gasteiger partial charge in [-0.2, -0.15) is 0 Å². The lowest BCUT2D eigenvalue weighted by molar-refractivity contribution is 0.414. The highest BCUT2D eigenvalue weighted by Crippen LogP contribution is 2.24. The molecular weight excluding hydrogens is 290 g/mol. The van der Waals surface area contributed by atoms with Crippen LogP contribution in [-0.2, 0) is 6.42 Å². The minimum Gasteiger partial charge on any atom is -0.497 e. The molecule has 112 valence electrons. The Kier molecular flexibility index (Phi) is 5.19. The summed E-state index contributed by atoms with van der Waals surface area (Å²) in [6, 6.07) is 7.96. The van der Waals surface area contributed by atoms with Gasteiger partial charge in [0.2, 0.25) is 0 Å². The zero-order valence-electron chi connectivity index (χ0n) is 11.8. The van der Waals surface area contributed by atoms with Gasteiger partial charge in [-0.3, -0.25) is 5.01 Å². The van der Waals surface area contributed by atoms with Crippen LogP contribution in [0.2, 0.25) is 5.15 Å². The first-order valence-electron chi connectivity index (χ1n) is 6.53. The summed E-state index contributed by atoms with van der Waals surface area (Å²) < 4.78 is 5.13. The molecule has 0 saturated carbocycles. The van der Waals surface area contributed by atoms with Crippen molar-refractivity contribution in [2.45, 2.75) is 12.8 Å². The molecule has 0 aliphatic heterocycles. The minimum absolute atomic E-state index is 0.214. The van der Waals surface area contributed by atoms with Gasteiger partial charge in [0.25, 0.3) is 0 Å². The maximum absolute atomic E-state index is 5.96. The summed E-state index contributed by atoms with van der Waals surface area (Å²) in [4.78, 5) is 7.85. The van der Waals surface area contributed by atoms with E-state index >= 15 is 0 Å². The molecule has 0 atom stereocenters. The number of hydrogen-bond donors (Lipinski definition) is 2. The molecule has 1 aromatic heterocycles. The molecule has 4 N–H and O–H groups in total. The number of hydrazine groups is 1. The fourth-order valence-electron chi connectivity index (χ4n) is 1.95. The van der Waals surface area contributed by atoms with Gasteiger partial charge in [0, 0.05) is 6.54 Å². The van der Waals surface area contributed by atoms with Crippen LogP contribution in [0, 0.1) is 0 Å². The largest absolute Gasteiger partial charge is 0.497 e. The van der Waals surface area contributed by atoms with Gasteiger partial charge >= 0.3 is 0 Å². The molecule has 0 fully saturated rings. The zero-order valence-corrected chi connectivity index (χ0v) is 12.5. The van der Waals surface area contributed by atoms with E-state index in [1.165, 1.54) is 16.9 Å². The number of hydrogen-bond acceptors (Lipinski definition) is 6. The van der Waals surface area contributed by atoms with Gasteiger partial charge in [-0.05, 0) is 30.5 Å². The lowest BCUT2D eigenvalue weighted by Gasteiger charge is -2.19. The number of aromatic nitrogens is 2. The Hall–Kier alpha value is -2.05. The van der Waals surface area contributed by atoms with E-state index in [0.717, 1.165) is 18.6 Å². The van der Waals surface area contributed by atoms with E-state index in [-0.39, 0.29) is 5.15 Å². The van der Waals surface area contributed by atoms with Crippen molar-refractivity contribution in [2.75, 3.05) is 24.4 Å². The van der Waals surface area contributed by atoms with E-state index in [9.17, 15) is 0 Å². The van der Waals surface area contributed by atoms with Crippen molar-refractivity contribution in [1.29, 1.82) is 0 Å². The van der Waals surface area contributed by atoms with Crippen LogP contribution in [0.5, 0.6) is 5.75 Å². The summed E-state index contributed by atoms with van der Waals surface area (Å²) in [6.07, 6.45) is 3.11. The fourth-order valence-corrected chi connectivity index (χ4v) is 2.07. The summed E-state index contributed by atoms with van der Waals surface area (Å²) in [7, 11) is 1.65. The van der Waals surface area contributed by atoms with Crippen LogP contribution in [0.15, 0.2) is 30.6 Å². The van der Waals surface area contributed by atoms with Crippen LogP contribution in [0.4, 0.5) is 11.5 Å². The number of benzene rings is 1. The second kappa shape index (κ2) is 7.10. The predicted octanol–water partition coefficient (Wildman–Crippen LogP) is 2.03. The molecule has 2 aromatic rings. The Morgan fingerprint density at radius 2 is 1.95 bits per heavy atom. The first-order valence-corrected chi connectivity index (χ1v) is 6.90. The molecule has 0 bridgehead atoms. The molecule has 2 rings (SSSR count). The average Bonchev–Trinajstić information content (AvgIpc) is 2.50. The molecule has 0 amide bonds. The minimum atomic E-state index is 0.214. The zero-order chi connectivity index (χ0) is 15.2. The van der Waals surface area contributed by atoms with Crippen LogP contribution in [0.25, 0.3) is 0 Å². The van der Waals surface area contributed by atoms with Crippen molar-refractivity contribution in [2.24, 2.45) is 5.84 Å². The van der Waals surface area contributed by atoms with Gasteiger partial charge in [0.1, 0.15) is 17.8 Å². The maximum atomic E-state index is 5.96. The molecule has 0 unspecified atom stereocenters. The van der Waals surface area contributed by atoms with E-state index in [1.54, 1.807) is 7.11 Å². The summed E-state index contributed by atoms with van der Waals surface area (Å²) in [6.45, 7) is 0.615. The van der Waals surface area contributed by atoms with E-state index in [1.807, 2.05) is 24.3 Å². The number of anilines is 2. The van der Waals surface area contributed by atoms with Gasteiger partial charge < -0.3 is 10.5 Å². The number of ether oxygens (including phenoxy) is 1. The lowest BCUT2D eigenvalue weighted by atomic mass is 10.1. The molecule has 0 spiro atoms. The van der Waals surface area contributed by atoms with E-state index in [2.05, 4.69) is 9.97 Å². The van der Waals surface area contributed by atoms with Gasteiger partial charge in [-0.15, -0.1) is 0 Å². The fraction of sp³-hybridized carbons (Fsp3) is 0.286. The molecule has 0 aliphatic carbocycles.